The lowest BCUT2D eigenvalue weighted by Crippen LogP contribution is -2.25. The SMILES string of the molecule is OC(C(F)F)C1CCc2cccnc21. The molecule has 0 amide bonds. The van der Waals surface area contributed by atoms with Crippen molar-refractivity contribution >= 4 is 0 Å². The molecular formula is C10H11F2NO. The van der Waals surface area contributed by atoms with E-state index in [9.17, 15) is 13.9 Å². The Morgan fingerprint density at radius 2 is 2.29 bits per heavy atom. The molecule has 0 spiro atoms. The maximum Gasteiger partial charge on any atom is 0.264 e. The third-order valence-electron chi connectivity index (χ3n) is 2.67. The van der Waals surface area contributed by atoms with Crippen molar-refractivity contribution < 1.29 is 13.9 Å². The number of fused-ring (bicyclic) bond motifs is 1. The summed E-state index contributed by atoms with van der Waals surface area (Å²) in [6.45, 7) is 0. The number of alkyl halides is 2. The molecule has 1 aromatic rings. The molecule has 2 rings (SSSR count). The smallest absolute Gasteiger partial charge is 0.264 e. The molecule has 2 atom stereocenters. The number of aliphatic hydroxyl groups is 1. The summed E-state index contributed by atoms with van der Waals surface area (Å²) in [4.78, 5) is 4.05. The van der Waals surface area contributed by atoms with Crippen LogP contribution in [-0.4, -0.2) is 22.6 Å². The van der Waals surface area contributed by atoms with Gasteiger partial charge in [-0.2, -0.15) is 0 Å². The first-order chi connectivity index (χ1) is 6.70. The van der Waals surface area contributed by atoms with E-state index in [2.05, 4.69) is 4.98 Å². The molecular weight excluding hydrogens is 188 g/mol. The van der Waals surface area contributed by atoms with Gasteiger partial charge in [0.05, 0.1) is 0 Å². The second-order valence-corrected chi connectivity index (χ2v) is 3.52. The number of halogens is 2. The van der Waals surface area contributed by atoms with E-state index in [1.54, 1.807) is 12.3 Å². The predicted molar refractivity (Wildman–Crippen MR) is 47.3 cm³/mol. The minimum atomic E-state index is -2.69. The van der Waals surface area contributed by atoms with Gasteiger partial charge in [-0.3, -0.25) is 4.98 Å². The standard InChI is InChI=1S/C10H11F2NO/c11-10(12)9(14)7-4-3-6-2-1-5-13-8(6)7/h1-2,5,7,9-10,14H,3-4H2. The minimum Gasteiger partial charge on any atom is -0.386 e. The van der Waals surface area contributed by atoms with Crippen LogP contribution >= 0.6 is 0 Å². The molecule has 0 aromatic carbocycles. The second-order valence-electron chi connectivity index (χ2n) is 3.52. The number of rotatable bonds is 2. The summed E-state index contributed by atoms with van der Waals surface area (Å²) in [5.74, 6) is -0.494. The highest BCUT2D eigenvalue weighted by Gasteiger charge is 2.34. The lowest BCUT2D eigenvalue weighted by Gasteiger charge is -2.16. The van der Waals surface area contributed by atoms with E-state index in [1.165, 1.54) is 0 Å². The van der Waals surface area contributed by atoms with Crippen molar-refractivity contribution in [1.82, 2.24) is 4.98 Å². The predicted octanol–water partition coefficient (Wildman–Crippen LogP) is 1.74. The summed E-state index contributed by atoms with van der Waals surface area (Å²) in [5, 5.41) is 9.28. The summed E-state index contributed by atoms with van der Waals surface area (Å²) in [7, 11) is 0. The fourth-order valence-electron chi connectivity index (χ4n) is 1.95. The van der Waals surface area contributed by atoms with Crippen molar-refractivity contribution in [1.29, 1.82) is 0 Å². The molecule has 0 saturated carbocycles. The highest BCUT2D eigenvalue weighted by Crippen LogP contribution is 2.35. The first kappa shape index (κ1) is 9.52. The van der Waals surface area contributed by atoms with E-state index in [0.29, 0.717) is 12.1 Å². The van der Waals surface area contributed by atoms with E-state index in [1.807, 2.05) is 6.07 Å². The Bertz CT molecular complexity index is 330. The zero-order chi connectivity index (χ0) is 10.1. The van der Waals surface area contributed by atoms with Crippen LogP contribution in [0.2, 0.25) is 0 Å². The topological polar surface area (TPSA) is 33.1 Å². The number of nitrogens with zero attached hydrogens (tertiary/aromatic N) is 1. The quantitative estimate of drug-likeness (QED) is 0.787. The maximum atomic E-state index is 12.3. The van der Waals surface area contributed by atoms with Gasteiger partial charge in [0.15, 0.2) is 0 Å². The van der Waals surface area contributed by atoms with Crippen LogP contribution in [-0.2, 0) is 6.42 Å². The summed E-state index contributed by atoms with van der Waals surface area (Å²) >= 11 is 0. The van der Waals surface area contributed by atoms with Crippen LogP contribution in [0, 0.1) is 0 Å². The van der Waals surface area contributed by atoms with Crippen LogP contribution in [0.4, 0.5) is 8.78 Å². The summed E-state index contributed by atoms with van der Waals surface area (Å²) in [5.41, 5.74) is 1.62. The largest absolute Gasteiger partial charge is 0.386 e. The molecule has 1 N–H and O–H groups in total. The fraction of sp³-hybridized carbons (Fsp3) is 0.500. The zero-order valence-corrected chi connectivity index (χ0v) is 7.53. The minimum absolute atomic E-state index is 0.494. The van der Waals surface area contributed by atoms with Gasteiger partial charge < -0.3 is 5.11 Å². The molecule has 0 radical (unpaired) electrons. The van der Waals surface area contributed by atoms with Crippen LogP contribution in [0.3, 0.4) is 0 Å². The van der Waals surface area contributed by atoms with Gasteiger partial charge in [0, 0.05) is 17.8 Å². The van der Waals surface area contributed by atoms with Gasteiger partial charge in [-0.05, 0) is 24.5 Å². The van der Waals surface area contributed by atoms with Gasteiger partial charge in [0.2, 0.25) is 0 Å². The van der Waals surface area contributed by atoms with Crippen LogP contribution in [0.1, 0.15) is 23.6 Å². The molecule has 0 saturated heterocycles. The van der Waals surface area contributed by atoms with Gasteiger partial charge in [-0.15, -0.1) is 0 Å². The van der Waals surface area contributed by atoms with Crippen molar-refractivity contribution in [2.45, 2.75) is 31.3 Å². The molecule has 14 heavy (non-hydrogen) atoms. The third kappa shape index (κ3) is 1.50. The molecule has 1 aliphatic carbocycles. The summed E-state index contributed by atoms with van der Waals surface area (Å²) in [6, 6.07) is 3.66. The van der Waals surface area contributed by atoms with E-state index in [4.69, 9.17) is 0 Å². The summed E-state index contributed by atoms with van der Waals surface area (Å²) in [6.07, 6.45) is -1.38. The van der Waals surface area contributed by atoms with Crippen molar-refractivity contribution in [2.24, 2.45) is 0 Å². The molecule has 2 nitrogen and oxygen atoms in total. The van der Waals surface area contributed by atoms with Gasteiger partial charge in [-0.25, -0.2) is 8.78 Å². The van der Waals surface area contributed by atoms with Gasteiger partial charge in [0.1, 0.15) is 6.10 Å². The van der Waals surface area contributed by atoms with E-state index < -0.39 is 18.4 Å². The Labute approximate surface area is 80.6 Å². The molecule has 1 aromatic heterocycles. The highest BCUT2D eigenvalue weighted by atomic mass is 19.3. The van der Waals surface area contributed by atoms with Crippen molar-refractivity contribution in [2.75, 3.05) is 0 Å². The number of aliphatic hydroxyl groups excluding tert-OH is 1. The Kier molecular flexibility index (Phi) is 2.46. The fourth-order valence-corrected chi connectivity index (χ4v) is 1.95. The van der Waals surface area contributed by atoms with Crippen molar-refractivity contribution in [3.05, 3.63) is 29.6 Å². The third-order valence-corrected chi connectivity index (χ3v) is 2.67. The number of aryl methyl sites for hydroxylation is 1. The van der Waals surface area contributed by atoms with E-state index in [-0.39, 0.29) is 0 Å². The first-order valence-electron chi connectivity index (χ1n) is 4.60. The van der Waals surface area contributed by atoms with Crippen LogP contribution in [0.25, 0.3) is 0 Å². The lowest BCUT2D eigenvalue weighted by atomic mass is 10.00. The molecule has 4 heteroatoms. The normalized spacial score (nSPS) is 22.4. The number of hydrogen-bond donors (Lipinski definition) is 1. The highest BCUT2D eigenvalue weighted by molar-refractivity contribution is 5.29. The zero-order valence-electron chi connectivity index (χ0n) is 7.53. The van der Waals surface area contributed by atoms with Gasteiger partial charge in [-0.1, -0.05) is 6.07 Å². The summed E-state index contributed by atoms with van der Waals surface area (Å²) < 4.78 is 24.6. The number of aromatic nitrogens is 1. The molecule has 0 fully saturated rings. The van der Waals surface area contributed by atoms with Crippen LogP contribution in [0.15, 0.2) is 18.3 Å². The Morgan fingerprint density at radius 1 is 1.50 bits per heavy atom. The lowest BCUT2D eigenvalue weighted by molar-refractivity contribution is -0.0205. The molecule has 2 unspecified atom stereocenters. The Hall–Kier alpha value is -1.03. The van der Waals surface area contributed by atoms with Gasteiger partial charge in [0.25, 0.3) is 6.43 Å². The van der Waals surface area contributed by atoms with Gasteiger partial charge >= 0.3 is 0 Å². The Balaban J connectivity index is 2.26. The second kappa shape index (κ2) is 3.61. The van der Waals surface area contributed by atoms with Crippen LogP contribution in [0.5, 0.6) is 0 Å². The number of pyridine rings is 1. The molecule has 1 aliphatic rings. The monoisotopic (exact) mass is 199 g/mol. The first-order valence-corrected chi connectivity index (χ1v) is 4.60. The number of hydrogen-bond acceptors (Lipinski definition) is 2. The van der Waals surface area contributed by atoms with Crippen LogP contribution < -0.4 is 0 Å². The molecule has 76 valence electrons. The van der Waals surface area contributed by atoms with E-state index in [0.717, 1.165) is 12.0 Å². The molecule has 0 bridgehead atoms. The maximum absolute atomic E-state index is 12.3. The molecule has 1 heterocycles. The van der Waals surface area contributed by atoms with Crippen molar-refractivity contribution in [3.63, 3.8) is 0 Å². The van der Waals surface area contributed by atoms with Crippen molar-refractivity contribution in [3.8, 4) is 0 Å². The average Bonchev–Trinajstić information content (AvgIpc) is 2.60. The Morgan fingerprint density at radius 3 is 3.00 bits per heavy atom. The average molecular weight is 199 g/mol. The van der Waals surface area contributed by atoms with E-state index >= 15 is 0 Å². The molecule has 0 aliphatic heterocycles.